The minimum absolute atomic E-state index is 0.197. The first-order chi connectivity index (χ1) is 6.77. The van der Waals surface area contributed by atoms with Crippen molar-refractivity contribution in [3.8, 4) is 0 Å². The zero-order valence-corrected chi connectivity index (χ0v) is 8.57. The predicted molar refractivity (Wildman–Crippen MR) is 60.0 cm³/mol. The van der Waals surface area contributed by atoms with E-state index in [1.54, 1.807) is 7.11 Å². The highest BCUT2D eigenvalue weighted by Crippen LogP contribution is 2.17. The smallest absolute Gasteiger partial charge is 0.0955 e. The maximum absolute atomic E-state index is 5.11. The lowest BCUT2D eigenvalue weighted by atomic mass is 9.98. The minimum atomic E-state index is 0.197. The van der Waals surface area contributed by atoms with Crippen LogP contribution in [0.1, 0.15) is 5.56 Å². The van der Waals surface area contributed by atoms with Gasteiger partial charge in [0.15, 0.2) is 0 Å². The lowest BCUT2D eigenvalue weighted by Crippen LogP contribution is -2.05. The molecule has 0 aromatic heterocycles. The number of methoxy groups -OCH3 is 1. The molecule has 74 valence electrons. The molecule has 1 aromatic carbocycles. The highest BCUT2D eigenvalue weighted by Gasteiger charge is 2.09. The molecule has 14 heavy (non-hydrogen) atoms. The van der Waals surface area contributed by atoms with Crippen molar-refractivity contribution in [3.05, 3.63) is 60.9 Å². The first-order valence-electron chi connectivity index (χ1n) is 4.67. The lowest BCUT2D eigenvalue weighted by Gasteiger charge is -2.14. The van der Waals surface area contributed by atoms with E-state index in [2.05, 4.69) is 25.3 Å². The number of allylic oxidation sites excluding steroid dienone is 1. The Morgan fingerprint density at radius 2 is 2.07 bits per heavy atom. The van der Waals surface area contributed by atoms with Gasteiger partial charge in [0.2, 0.25) is 0 Å². The van der Waals surface area contributed by atoms with Gasteiger partial charge in [-0.15, -0.1) is 6.58 Å². The Hall–Kier alpha value is -1.50. The van der Waals surface area contributed by atoms with Gasteiger partial charge < -0.3 is 4.74 Å². The summed E-state index contributed by atoms with van der Waals surface area (Å²) in [6.45, 7) is 7.63. The van der Waals surface area contributed by atoms with Gasteiger partial charge in [-0.1, -0.05) is 43.0 Å². The third-order valence-electron chi connectivity index (χ3n) is 2.26. The van der Waals surface area contributed by atoms with Crippen LogP contribution < -0.4 is 0 Å². The molecule has 0 bridgehead atoms. The van der Waals surface area contributed by atoms with E-state index in [1.807, 2.05) is 24.3 Å². The molecule has 1 unspecified atom stereocenters. The van der Waals surface area contributed by atoms with Gasteiger partial charge in [-0.2, -0.15) is 0 Å². The van der Waals surface area contributed by atoms with Crippen molar-refractivity contribution < 1.29 is 4.74 Å². The molecule has 0 saturated heterocycles. The van der Waals surface area contributed by atoms with Crippen LogP contribution in [0, 0.1) is 5.92 Å². The molecule has 0 radical (unpaired) electrons. The molecule has 1 rings (SSSR count). The zero-order chi connectivity index (χ0) is 10.4. The zero-order valence-electron chi connectivity index (χ0n) is 8.57. The fraction of sp³-hybridized carbons (Fsp3) is 0.231. The molecule has 0 fully saturated rings. The normalized spacial score (nSPS) is 11.8. The van der Waals surface area contributed by atoms with E-state index in [-0.39, 0.29) is 5.92 Å². The third-order valence-corrected chi connectivity index (χ3v) is 2.26. The number of ether oxygens (including phenoxy) is 1. The van der Waals surface area contributed by atoms with Crippen LogP contribution in [-0.4, -0.2) is 7.11 Å². The van der Waals surface area contributed by atoms with Gasteiger partial charge in [-0.25, -0.2) is 0 Å². The van der Waals surface area contributed by atoms with Crippen LogP contribution in [0.2, 0.25) is 0 Å². The summed E-state index contributed by atoms with van der Waals surface area (Å²) in [7, 11) is 1.64. The molecule has 1 heteroatoms. The van der Waals surface area contributed by atoms with E-state index in [9.17, 15) is 0 Å². The van der Waals surface area contributed by atoms with E-state index in [0.717, 1.165) is 12.2 Å². The van der Waals surface area contributed by atoms with Gasteiger partial charge in [0.05, 0.1) is 12.9 Å². The van der Waals surface area contributed by atoms with Crippen molar-refractivity contribution in [2.24, 2.45) is 5.92 Å². The van der Waals surface area contributed by atoms with Crippen molar-refractivity contribution in [3.63, 3.8) is 0 Å². The topological polar surface area (TPSA) is 9.23 Å². The number of benzene rings is 1. The van der Waals surface area contributed by atoms with E-state index in [1.165, 1.54) is 5.56 Å². The van der Waals surface area contributed by atoms with Crippen molar-refractivity contribution in [2.45, 2.75) is 6.42 Å². The largest absolute Gasteiger partial charge is 0.501 e. The fourth-order valence-corrected chi connectivity index (χ4v) is 1.35. The average molecular weight is 188 g/mol. The summed E-state index contributed by atoms with van der Waals surface area (Å²) in [6, 6.07) is 10.3. The summed E-state index contributed by atoms with van der Waals surface area (Å²) in [5, 5.41) is 0. The molecule has 0 amide bonds. The fourth-order valence-electron chi connectivity index (χ4n) is 1.35. The van der Waals surface area contributed by atoms with Crippen LogP contribution in [0.4, 0.5) is 0 Å². The number of hydrogen-bond donors (Lipinski definition) is 0. The summed E-state index contributed by atoms with van der Waals surface area (Å²) in [5.41, 5.74) is 1.27. The molecule has 0 aliphatic rings. The Morgan fingerprint density at radius 1 is 1.43 bits per heavy atom. The van der Waals surface area contributed by atoms with Gasteiger partial charge in [0.1, 0.15) is 0 Å². The minimum Gasteiger partial charge on any atom is -0.501 e. The van der Waals surface area contributed by atoms with Gasteiger partial charge in [0.25, 0.3) is 0 Å². The Balaban J connectivity index is 2.66. The average Bonchev–Trinajstić information content (AvgIpc) is 2.26. The molecule has 0 heterocycles. The molecule has 0 aliphatic heterocycles. The van der Waals surface area contributed by atoms with Crippen molar-refractivity contribution in [1.82, 2.24) is 0 Å². The van der Waals surface area contributed by atoms with Gasteiger partial charge in [-0.3, -0.25) is 0 Å². The number of rotatable bonds is 5. The predicted octanol–water partition coefficient (Wildman–Crippen LogP) is 3.19. The van der Waals surface area contributed by atoms with E-state index >= 15 is 0 Å². The Morgan fingerprint density at radius 3 is 2.57 bits per heavy atom. The molecule has 1 nitrogen and oxygen atoms in total. The summed E-state index contributed by atoms with van der Waals surface area (Å²) in [6.07, 6.45) is 2.77. The Bertz CT molecular complexity index is 300. The quantitative estimate of drug-likeness (QED) is 0.509. The van der Waals surface area contributed by atoms with Crippen LogP contribution in [-0.2, 0) is 11.2 Å². The van der Waals surface area contributed by atoms with Crippen molar-refractivity contribution in [2.75, 3.05) is 7.11 Å². The molecular formula is C13H16O. The van der Waals surface area contributed by atoms with Gasteiger partial charge in [-0.05, 0) is 12.0 Å². The Kier molecular flexibility index (Phi) is 3.99. The Labute approximate surface area is 85.7 Å². The number of hydrogen-bond acceptors (Lipinski definition) is 1. The molecule has 1 aromatic rings. The molecule has 0 spiro atoms. The van der Waals surface area contributed by atoms with Crippen molar-refractivity contribution >= 4 is 0 Å². The molecular weight excluding hydrogens is 172 g/mol. The molecule has 0 saturated carbocycles. The van der Waals surface area contributed by atoms with Crippen molar-refractivity contribution in [1.29, 1.82) is 0 Å². The monoisotopic (exact) mass is 188 g/mol. The second kappa shape index (κ2) is 5.28. The van der Waals surface area contributed by atoms with Crippen LogP contribution in [0.25, 0.3) is 0 Å². The second-order valence-corrected chi connectivity index (χ2v) is 3.20. The maximum Gasteiger partial charge on any atom is 0.0955 e. The van der Waals surface area contributed by atoms with Crippen LogP contribution >= 0.6 is 0 Å². The highest BCUT2D eigenvalue weighted by molar-refractivity contribution is 5.18. The summed E-state index contributed by atoms with van der Waals surface area (Å²) < 4.78 is 5.11. The second-order valence-electron chi connectivity index (χ2n) is 3.20. The van der Waals surface area contributed by atoms with Gasteiger partial charge in [0, 0.05) is 5.92 Å². The molecule has 0 aliphatic carbocycles. The SMILES string of the molecule is C=CC(Cc1ccccc1)C(=C)OC. The third kappa shape index (κ3) is 2.77. The van der Waals surface area contributed by atoms with Gasteiger partial charge >= 0.3 is 0 Å². The lowest BCUT2D eigenvalue weighted by molar-refractivity contribution is 0.258. The van der Waals surface area contributed by atoms with E-state index < -0.39 is 0 Å². The summed E-state index contributed by atoms with van der Waals surface area (Å²) in [5.74, 6) is 0.964. The maximum atomic E-state index is 5.11. The standard InChI is InChI=1S/C13H16O/c1-4-13(11(2)14-3)10-12-8-6-5-7-9-12/h4-9,13H,1-2,10H2,3H3. The van der Waals surface area contributed by atoms with Crippen LogP contribution in [0.3, 0.4) is 0 Å². The van der Waals surface area contributed by atoms with Crippen LogP contribution in [0.15, 0.2) is 55.3 Å². The highest BCUT2D eigenvalue weighted by atomic mass is 16.5. The van der Waals surface area contributed by atoms with E-state index in [4.69, 9.17) is 4.74 Å². The summed E-state index contributed by atoms with van der Waals surface area (Å²) in [4.78, 5) is 0. The molecule has 1 atom stereocenters. The molecule has 0 N–H and O–H groups in total. The van der Waals surface area contributed by atoms with E-state index in [0.29, 0.717) is 0 Å². The van der Waals surface area contributed by atoms with Crippen LogP contribution in [0.5, 0.6) is 0 Å². The summed E-state index contributed by atoms with van der Waals surface area (Å²) >= 11 is 0. The first-order valence-corrected chi connectivity index (χ1v) is 4.67. The first kappa shape index (κ1) is 10.6.